The maximum atomic E-state index is 11.9. The van der Waals surface area contributed by atoms with Crippen LogP contribution in [0.15, 0.2) is 193 Å². The topological polar surface area (TPSA) is 276 Å². The normalized spacial score (nSPS) is 13.4. The number of benzene rings is 8. The molecule has 9 N–H and O–H groups in total. The highest BCUT2D eigenvalue weighted by atomic mass is 79.9. The second kappa shape index (κ2) is 38.6. The minimum atomic E-state index is -0.296. The van der Waals surface area contributed by atoms with Crippen molar-refractivity contribution in [3.8, 4) is 0 Å². The summed E-state index contributed by atoms with van der Waals surface area (Å²) in [6.07, 6.45) is 9.90. The molecule has 4 aliphatic rings. The highest BCUT2D eigenvalue weighted by molar-refractivity contribution is 9.10. The number of pyridine rings is 2. The summed E-state index contributed by atoms with van der Waals surface area (Å²) in [7, 11) is 0. The van der Waals surface area contributed by atoms with Crippen molar-refractivity contribution in [2.24, 2.45) is 0 Å². The summed E-state index contributed by atoms with van der Waals surface area (Å²) in [4.78, 5) is 99.9. The van der Waals surface area contributed by atoms with Crippen LogP contribution in [0.3, 0.4) is 0 Å². The Bertz CT molecular complexity index is 5880. The first-order valence-corrected chi connectivity index (χ1v) is 41.2. The summed E-state index contributed by atoms with van der Waals surface area (Å²) in [5.74, 6) is 4.25. The third-order valence-corrected chi connectivity index (χ3v) is 22.1. The van der Waals surface area contributed by atoms with Gasteiger partial charge in [-0.1, -0.05) is 203 Å². The number of amides is 2. The van der Waals surface area contributed by atoms with Crippen LogP contribution in [0.2, 0.25) is 0 Å². The Morgan fingerprint density at radius 2 is 0.852 bits per heavy atom. The van der Waals surface area contributed by atoms with Gasteiger partial charge in [-0.2, -0.15) is 0 Å². The van der Waals surface area contributed by atoms with Gasteiger partial charge in [0.25, 0.3) is 39.6 Å². The third kappa shape index (κ3) is 22.4. The van der Waals surface area contributed by atoms with Gasteiger partial charge in [0.1, 0.15) is 5.82 Å². The second-order valence-corrected chi connectivity index (χ2v) is 34.4. The lowest BCUT2D eigenvalue weighted by Crippen LogP contribution is -2.23. The van der Waals surface area contributed by atoms with Gasteiger partial charge in [-0.05, 0) is 253 Å². The SMILES string of the molecule is CC(C)(C)c1ccc2c(c1)C(=O)NC2=O.CC(C)c1ccc2[nH][nH]c(=O)c2c1.CC(C)c1ccc2c(Br)c[nH]c(=O)c2c1.CC(C)c1ccc2c(C3CC3)c[nH]c(=O)c2c1.CC(C)c1ccc2c(c1)CCNC2.CC(C)c1ccc2c(c1)CNCC2.CC(C)c1ccc2nc[nH]c(=O)c2c1.Cc1nc2ccc(C(C)C)cc2c(=O)[nH]1. The highest BCUT2D eigenvalue weighted by Crippen LogP contribution is 2.42. The molecule has 0 saturated heterocycles. The molecule has 1 saturated carbocycles. The molecule has 0 radical (unpaired) electrons. The van der Waals surface area contributed by atoms with Crippen LogP contribution >= 0.6 is 15.9 Å². The largest absolute Gasteiger partial charge is 0.328 e. The number of rotatable bonds is 8. The molecule has 3 aliphatic heterocycles. The van der Waals surface area contributed by atoms with Crippen LogP contribution in [0.1, 0.15) is 277 Å². The molecule has 19 heteroatoms. The van der Waals surface area contributed by atoms with Crippen LogP contribution in [0, 0.1) is 6.92 Å². The third-order valence-electron chi connectivity index (χ3n) is 21.5. The molecule has 0 bridgehead atoms. The fraction of sp³-hybridized carbons (Fsp3) is 0.365. The van der Waals surface area contributed by atoms with Crippen molar-refractivity contribution in [2.75, 3.05) is 13.1 Å². The zero-order valence-electron chi connectivity index (χ0n) is 70.0. The first kappa shape index (κ1) is 86.7. The Morgan fingerprint density at radius 3 is 1.43 bits per heavy atom. The standard InChI is InChI=1S/C15H17NO.C12H12BrNO.C12H14N2O.C12H13NO2.2C12H17N.C11H12N2O.C10H12N2O/c1-9(2)11-5-6-12-13(7-11)15(17)16-8-14(12)10-3-4-10;1-7(2)8-3-4-9-10(5-8)12(15)14-6-11(9)13;1-7(2)9-4-5-11-10(6-9)12(15)14-8(3)13-11;1-12(2,3)7-4-5-8-9(6-7)11(15)13-10(8)14;1-9(2)10-3-4-12-8-13-6-5-11(12)7-10;1-9(2)11-4-3-10-5-6-13-8-12(10)7-11;1-7(2)8-3-4-10-9(5-8)11(14)13-6-12-10;1-6(2)7-3-4-9-8(5-7)10(13)12-11-9/h5-10H,3-4H2,1-2H3,(H,16,17);3-7H,1-2H3,(H,14,15);4-7H,1-3H3,(H,13,14,15);4-6H,1-3H3,(H,13,14,15);2*3-4,7,9,13H,5-6,8H2,1-2H3;3-7H,1-2H3,(H,12,13,14);3-6H,1-2H3,(H2,11,12,13). The molecule has 13 aromatic rings. The second-order valence-electron chi connectivity index (χ2n) is 33.5. The van der Waals surface area contributed by atoms with Crippen molar-refractivity contribution in [1.82, 2.24) is 56.1 Å². The molecule has 0 atom stereocenters. The average Bonchev–Trinajstić information content (AvgIpc) is 1.71. The van der Waals surface area contributed by atoms with Crippen molar-refractivity contribution in [2.45, 2.75) is 216 Å². The molecule has 1 fully saturated rings. The number of nitrogens with zero attached hydrogens (tertiary/aromatic N) is 2. The Labute approximate surface area is 682 Å². The average molecular weight is 1610 g/mol. The van der Waals surface area contributed by atoms with Gasteiger partial charge in [-0.3, -0.25) is 49.1 Å². The van der Waals surface area contributed by atoms with E-state index in [1.807, 2.05) is 85.1 Å². The van der Waals surface area contributed by atoms with E-state index in [-0.39, 0.29) is 45.0 Å². The van der Waals surface area contributed by atoms with Crippen molar-refractivity contribution >= 4 is 82.0 Å². The van der Waals surface area contributed by atoms with E-state index in [2.05, 4.69) is 244 Å². The molecule has 1 aliphatic carbocycles. The Morgan fingerprint density at radius 1 is 0.400 bits per heavy atom. The number of aromatic nitrogens is 8. The fourth-order valence-electron chi connectivity index (χ4n) is 13.8. The van der Waals surface area contributed by atoms with E-state index in [9.17, 15) is 33.6 Å². The molecule has 2 amide bonds. The molecule has 0 spiro atoms. The summed E-state index contributed by atoms with van der Waals surface area (Å²) >= 11 is 3.42. The molecular formula is C96H114BrN11O7. The van der Waals surface area contributed by atoms with Gasteiger partial charge in [0.05, 0.1) is 50.2 Å². The number of halogens is 1. The minimum Gasteiger partial charge on any atom is -0.328 e. The van der Waals surface area contributed by atoms with E-state index >= 15 is 0 Å². The number of nitrogens with one attached hydrogen (secondary N) is 9. The van der Waals surface area contributed by atoms with Gasteiger partial charge in [-0.25, -0.2) is 9.97 Å². The Kier molecular flexibility index (Phi) is 29.1. The molecule has 17 rings (SSSR count). The van der Waals surface area contributed by atoms with Crippen molar-refractivity contribution in [3.05, 3.63) is 310 Å². The first-order chi connectivity index (χ1) is 54.6. The number of imide groups is 1. The van der Waals surface area contributed by atoms with Gasteiger partial charge in [0.2, 0.25) is 0 Å². The van der Waals surface area contributed by atoms with E-state index in [4.69, 9.17) is 0 Å². The number of aromatic amines is 6. The predicted molar refractivity (Wildman–Crippen MR) is 476 cm³/mol. The van der Waals surface area contributed by atoms with E-state index in [1.54, 1.807) is 30.8 Å². The van der Waals surface area contributed by atoms with E-state index in [0.717, 1.165) is 85.3 Å². The monoisotopic (exact) mass is 1610 g/mol. The molecule has 8 heterocycles. The lowest BCUT2D eigenvalue weighted by molar-refractivity contribution is 0.0879. The van der Waals surface area contributed by atoms with Gasteiger partial charge >= 0.3 is 0 Å². The lowest BCUT2D eigenvalue weighted by atomic mass is 9.85. The predicted octanol–water partition coefficient (Wildman–Crippen LogP) is 20.1. The number of carbonyl (C=O) groups excluding carboxylic acids is 2. The van der Waals surface area contributed by atoms with Gasteiger partial charge in [-0.15, -0.1) is 0 Å². The molecule has 115 heavy (non-hydrogen) atoms. The molecule has 5 aromatic heterocycles. The van der Waals surface area contributed by atoms with Gasteiger partial charge in [0, 0.05) is 46.1 Å². The highest BCUT2D eigenvalue weighted by Gasteiger charge is 2.29. The number of H-pyrrole nitrogens is 6. The molecule has 8 aromatic carbocycles. The van der Waals surface area contributed by atoms with Crippen LogP contribution in [-0.4, -0.2) is 65.0 Å². The molecule has 602 valence electrons. The zero-order chi connectivity index (χ0) is 83.3. The summed E-state index contributed by atoms with van der Waals surface area (Å²) < 4.78 is 0.924. The summed E-state index contributed by atoms with van der Waals surface area (Å²) in [5.41, 5.74) is 20.5. The minimum absolute atomic E-state index is 0.0129. The smallest absolute Gasteiger partial charge is 0.271 e. The first-order valence-electron chi connectivity index (χ1n) is 40.4. The maximum absolute atomic E-state index is 11.9. The van der Waals surface area contributed by atoms with E-state index < -0.39 is 0 Å². The quantitative estimate of drug-likeness (QED) is 0.0645. The van der Waals surface area contributed by atoms with Crippen LogP contribution in [0.5, 0.6) is 0 Å². The van der Waals surface area contributed by atoms with Crippen LogP contribution < -0.4 is 43.7 Å². The fourth-order valence-corrected chi connectivity index (χ4v) is 14.3. The van der Waals surface area contributed by atoms with Gasteiger partial charge in [0.15, 0.2) is 0 Å². The zero-order valence-corrected chi connectivity index (χ0v) is 71.6. The number of aryl methyl sites for hydroxylation is 1. The molecule has 0 unspecified atom stereocenters. The van der Waals surface area contributed by atoms with Crippen molar-refractivity contribution in [3.63, 3.8) is 0 Å². The number of hydrogen-bond acceptors (Lipinski definition) is 11. The van der Waals surface area contributed by atoms with E-state index in [0.29, 0.717) is 75.1 Å². The summed E-state index contributed by atoms with van der Waals surface area (Å²) in [5, 5.41) is 20.2. The van der Waals surface area contributed by atoms with Gasteiger partial charge < -0.3 is 30.6 Å². The number of carbonyl (C=O) groups is 2. The molecular weight excluding hydrogens is 1500 g/mol. The van der Waals surface area contributed by atoms with E-state index in [1.165, 1.54) is 87.6 Å². The lowest BCUT2D eigenvalue weighted by Gasteiger charge is -2.19. The van der Waals surface area contributed by atoms with Crippen LogP contribution in [0.25, 0.3) is 54.3 Å². The Balaban J connectivity index is 0.000000139. The number of hydrogen-bond donors (Lipinski definition) is 9. The number of fused-ring (bicyclic) bond motifs is 8. The summed E-state index contributed by atoms with van der Waals surface area (Å²) in [6, 6.07) is 49.2. The summed E-state index contributed by atoms with van der Waals surface area (Å²) in [6.45, 7) is 42.6. The molecule has 18 nitrogen and oxygen atoms in total. The van der Waals surface area contributed by atoms with Crippen LogP contribution in [0.4, 0.5) is 0 Å². The van der Waals surface area contributed by atoms with Crippen molar-refractivity contribution in [1.29, 1.82) is 0 Å². The van der Waals surface area contributed by atoms with Crippen molar-refractivity contribution < 1.29 is 9.59 Å². The van der Waals surface area contributed by atoms with Crippen LogP contribution in [-0.2, 0) is 31.3 Å². The Hall–Kier alpha value is -10.7. The maximum Gasteiger partial charge on any atom is 0.271 e.